The zero-order chi connectivity index (χ0) is 22.4. The minimum absolute atomic E-state index is 0.0717. The molecule has 6 nitrogen and oxygen atoms in total. The van der Waals surface area contributed by atoms with E-state index in [4.69, 9.17) is 0 Å². The van der Waals surface area contributed by atoms with Gasteiger partial charge in [-0.3, -0.25) is 0 Å². The van der Waals surface area contributed by atoms with Crippen molar-refractivity contribution in [3.8, 4) is 0 Å². The van der Waals surface area contributed by atoms with Crippen LogP contribution in [0.2, 0.25) is 0 Å². The highest BCUT2D eigenvalue weighted by Gasteiger charge is 2.31. The fraction of sp³-hybridized carbons (Fsp3) is 0.222. The SMILES string of the molecule is O=C(NCCNC(=O)Nc1cccc(C(F)(F)F)c1)Nc1cccc(C(F)(F)F)c1. The fourth-order valence-corrected chi connectivity index (χ4v) is 2.25. The van der Waals surface area contributed by atoms with E-state index in [2.05, 4.69) is 21.3 Å². The highest BCUT2D eigenvalue weighted by molar-refractivity contribution is 5.90. The first-order chi connectivity index (χ1) is 13.9. The Morgan fingerprint density at radius 1 is 0.667 bits per heavy atom. The first-order valence-corrected chi connectivity index (χ1v) is 8.39. The Hall–Kier alpha value is -3.44. The molecular formula is C18H16F6N4O2. The van der Waals surface area contributed by atoms with Crippen LogP contribution in [0.5, 0.6) is 0 Å². The van der Waals surface area contributed by atoms with Crippen molar-refractivity contribution >= 4 is 23.4 Å². The minimum Gasteiger partial charge on any atom is -0.336 e. The van der Waals surface area contributed by atoms with E-state index >= 15 is 0 Å². The molecule has 12 heteroatoms. The van der Waals surface area contributed by atoms with Crippen LogP contribution in [0.25, 0.3) is 0 Å². The average molecular weight is 434 g/mol. The van der Waals surface area contributed by atoms with Gasteiger partial charge < -0.3 is 21.3 Å². The van der Waals surface area contributed by atoms with Gasteiger partial charge in [0.05, 0.1) is 11.1 Å². The lowest BCUT2D eigenvalue weighted by Crippen LogP contribution is -2.38. The Morgan fingerprint density at radius 3 is 1.37 bits per heavy atom. The molecule has 0 saturated heterocycles. The lowest BCUT2D eigenvalue weighted by molar-refractivity contribution is -0.138. The van der Waals surface area contributed by atoms with Gasteiger partial charge in [-0.1, -0.05) is 12.1 Å². The van der Waals surface area contributed by atoms with Gasteiger partial charge in [0.25, 0.3) is 0 Å². The third-order valence-electron chi connectivity index (χ3n) is 3.59. The van der Waals surface area contributed by atoms with Crippen LogP contribution < -0.4 is 21.3 Å². The maximum Gasteiger partial charge on any atom is 0.416 e. The summed E-state index contributed by atoms with van der Waals surface area (Å²) >= 11 is 0. The fourth-order valence-electron chi connectivity index (χ4n) is 2.25. The Balaban J connectivity index is 1.75. The number of benzene rings is 2. The number of carbonyl (C=O) groups excluding carboxylic acids is 2. The highest BCUT2D eigenvalue weighted by atomic mass is 19.4. The Labute approximate surface area is 166 Å². The maximum absolute atomic E-state index is 12.6. The molecule has 0 saturated carbocycles. The number of alkyl halides is 6. The van der Waals surface area contributed by atoms with Crippen molar-refractivity contribution in [3.63, 3.8) is 0 Å². The number of hydrogen-bond donors (Lipinski definition) is 4. The number of carbonyl (C=O) groups is 2. The van der Waals surface area contributed by atoms with Crippen molar-refractivity contribution in [3.05, 3.63) is 59.7 Å². The maximum atomic E-state index is 12.6. The van der Waals surface area contributed by atoms with Gasteiger partial charge in [0.2, 0.25) is 0 Å². The van der Waals surface area contributed by atoms with E-state index in [1.54, 1.807) is 0 Å². The first-order valence-electron chi connectivity index (χ1n) is 8.39. The minimum atomic E-state index is -4.55. The van der Waals surface area contributed by atoms with E-state index in [0.717, 1.165) is 36.4 Å². The van der Waals surface area contributed by atoms with Crippen LogP contribution in [0.4, 0.5) is 47.3 Å². The quantitative estimate of drug-likeness (QED) is 0.408. The molecule has 0 aliphatic rings. The summed E-state index contributed by atoms with van der Waals surface area (Å²) < 4.78 is 75.8. The van der Waals surface area contributed by atoms with Crippen molar-refractivity contribution in [2.75, 3.05) is 23.7 Å². The molecule has 4 N–H and O–H groups in total. The standard InChI is InChI=1S/C18H16F6N4O2/c19-17(20,21)11-3-1-5-13(9-11)27-15(29)25-7-8-26-16(30)28-14-6-2-4-12(10-14)18(22,23)24/h1-6,9-10H,7-8H2,(H2,25,27,29)(H2,26,28,30). The van der Waals surface area contributed by atoms with E-state index in [9.17, 15) is 35.9 Å². The van der Waals surface area contributed by atoms with Gasteiger partial charge in [-0.2, -0.15) is 26.3 Å². The van der Waals surface area contributed by atoms with Crippen LogP contribution in [-0.4, -0.2) is 25.2 Å². The van der Waals surface area contributed by atoms with Crippen molar-refractivity contribution in [2.45, 2.75) is 12.4 Å². The largest absolute Gasteiger partial charge is 0.416 e. The number of anilines is 2. The normalized spacial score (nSPS) is 11.5. The lowest BCUT2D eigenvalue weighted by atomic mass is 10.2. The molecule has 162 valence electrons. The van der Waals surface area contributed by atoms with Gasteiger partial charge in [-0.15, -0.1) is 0 Å². The van der Waals surface area contributed by atoms with E-state index < -0.39 is 35.5 Å². The predicted octanol–water partition coefficient (Wildman–Crippen LogP) is 4.67. The van der Waals surface area contributed by atoms with Crippen molar-refractivity contribution in [1.82, 2.24) is 10.6 Å². The molecule has 0 atom stereocenters. The van der Waals surface area contributed by atoms with Crippen LogP contribution in [0.1, 0.15) is 11.1 Å². The smallest absolute Gasteiger partial charge is 0.336 e. The summed E-state index contributed by atoms with van der Waals surface area (Å²) in [5, 5.41) is 9.07. The summed E-state index contributed by atoms with van der Waals surface area (Å²) in [6, 6.07) is 6.47. The second kappa shape index (κ2) is 9.37. The van der Waals surface area contributed by atoms with Gasteiger partial charge in [0.1, 0.15) is 0 Å². The van der Waals surface area contributed by atoms with Gasteiger partial charge in [0, 0.05) is 24.5 Å². The molecule has 2 aromatic rings. The molecule has 0 fully saturated rings. The molecule has 0 bridgehead atoms. The van der Waals surface area contributed by atoms with Crippen LogP contribution in [0, 0.1) is 0 Å². The van der Waals surface area contributed by atoms with Crippen LogP contribution in [-0.2, 0) is 12.4 Å². The van der Waals surface area contributed by atoms with Crippen molar-refractivity contribution < 1.29 is 35.9 Å². The number of hydrogen-bond acceptors (Lipinski definition) is 2. The van der Waals surface area contributed by atoms with E-state index in [1.165, 1.54) is 12.1 Å². The third-order valence-corrected chi connectivity index (χ3v) is 3.59. The summed E-state index contributed by atoms with van der Waals surface area (Å²) in [5.41, 5.74) is -1.99. The zero-order valence-corrected chi connectivity index (χ0v) is 15.1. The lowest BCUT2D eigenvalue weighted by Gasteiger charge is -2.12. The Morgan fingerprint density at radius 2 is 1.03 bits per heavy atom. The Bertz CT molecular complexity index is 825. The molecule has 0 aliphatic carbocycles. The molecule has 4 amide bonds. The van der Waals surface area contributed by atoms with Gasteiger partial charge in [-0.25, -0.2) is 9.59 Å². The van der Waals surface area contributed by atoms with Gasteiger partial charge in [0.15, 0.2) is 0 Å². The van der Waals surface area contributed by atoms with Gasteiger partial charge >= 0.3 is 24.4 Å². The molecule has 0 radical (unpaired) electrons. The molecular weight excluding hydrogens is 418 g/mol. The van der Waals surface area contributed by atoms with E-state index in [0.29, 0.717) is 0 Å². The molecule has 0 unspecified atom stereocenters. The van der Waals surface area contributed by atoms with Crippen LogP contribution in [0.3, 0.4) is 0 Å². The number of rotatable bonds is 5. The van der Waals surface area contributed by atoms with E-state index in [-0.39, 0.29) is 24.5 Å². The summed E-state index contributed by atoms with van der Waals surface area (Å²) in [7, 11) is 0. The summed E-state index contributed by atoms with van der Waals surface area (Å²) in [6.45, 7) is -0.165. The van der Waals surface area contributed by atoms with Crippen LogP contribution >= 0.6 is 0 Å². The molecule has 30 heavy (non-hydrogen) atoms. The monoisotopic (exact) mass is 434 g/mol. The summed E-state index contributed by atoms with van der Waals surface area (Å²) in [5.74, 6) is 0. The topological polar surface area (TPSA) is 82.3 Å². The molecule has 0 aliphatic heterocycles. The number of amides is 4. The Kier molecular flexibility index (Phi) is 7.14. The number of urea groups is 2. The first kappa shape index (κ1) is 22.8. The van der Waals surface area contributed by atoms with Gasteiger partial charge in [-0.05, 0) is 36.4 Å². The predicted molar refractivity (Wildman–Crippen MR) is 96.9 cm³/mol. The molecule has 2 aromatic carbocycles. The van der Waals surface area contributed by atoms with Crippen LogP contribution in [0.15, 0.2) is 48.5 Å². The molecule has 0 heterocycles. The number of nitrogens with one attached hydrogen (secondary N) is 4. The molecule has 0 spiro atoms. The van der Waals surface area contributed by atoms with E-state index in [1.807, 2.05) is 0 Å². The molecule has 2 rings (SSSR count). The summed E-state index contributed by atoms with van der Waals surface area (Å²) in [6.07, 6.45) is -9.10. The highest BCUT2D eigenvalue weighted by Crippen LogP contribution is 2.31. The second-order valence-corrected chi connectivity index (χ2v) is 5.92. The summed E-state index contributed by atoms with van der Waals surface area (Å²) in [4.78, 5) is 23.4. The van der Waals surface area contributed by atoms with Crippen molar-refractivity contribution in [1.29, 1.82) is 0 Å². The average Bonchev–Trinajstić information content (AvgIpc) is 2.64. The number of halogens is 6. The second-order valence-electron chi connectivity index (χ2n) is 5.92. The molecule has 0 aromatic heterocycles. The van der Waals surface area contributed by atoms with Crippen molar-refractivity contribution in [2.24, 2.45) is 0 Å². The third kappa shape index (κ3) is 7.18. The zero-order valence-electron chi connectivity index (χ0n) is 15.1.